The summed E-state index contributed by atoms with van der Waals surface area (Å²) >= 11 is 6.50. The summed E-state index contributed by atoms with van der Waals surface area (Å²) in [6, 6.07) is 15.6. The van der Waals surface area contributed by atoms with Gasteiger partial charge in [-0.05, 0) is 63.6 Å². The van der Waals surface area contributed by atoms with Crippen LogP contribution in [0.2, 0.25) is 5.02 Å². The lowest BCUT2D eigenvalue weighted by Crippen LogP contribution is -2.34. The molecule has 3 heterocycles. The Bertz CT molecular complexity index is 1560. The fourth-order valence-corrected chi connectivity index (χ4v) is 5.19. The highest BCUT2D eigenvalue weighted by molar-refractivity contribution is 6.30. The number of fused-ring (bicyclic) bond motifs is 3. The number of methoxy groups -OCH3 is 2. The summed E-state index contributed by atoms with van der Waals surface area (Å²) in [6.07, 6.45) is 1.77. The van der Waals surface area contributed by atoms with E-state index in [1.807, 2.05) is 55.6 Å². The van der Waals surface area contributed by atoms with Crippen molar-refractivity contribution in [2.75, 3.05) is 14.2 Å². The number of aromatic nitrogens is 4. The number of rotatable bonds is 10. The van der Waals surface area contributed by atoms with E-state index in [9.17, 15) is 9.90 Å². The Labute approximate surface area is 243 Å². The van der Waals surface area contributed by atoms with E-state index in [1.165, 1.54) is 13.8 Å². The molecule has 1 aliphatic rings. The Hall–Kier alpha value is -3.86. The van der Waals surface area contributed by atoms with Crippen LogP contribution < -0.4 is 9.47 Å². The number of hydrogen-bond donors (Lipinski definition) is 1. The smallest absolute Gasteiger partial charge is 0.335 e. The summed E-state index contributed by atoms with van der Waals surface area (Å²) in [6.45, 7) is 5.46. The van der Waals surface area contributed by atoms with E-state index in [2.05, 4.69) is 20.9 Å². The van der Waals surface area contributed by atoms with Gasteiger partial charge in [0, 0.05) is 28.9 Å². The highest BCUT2D eigenvalue weighted by Gasteiger charge is 2.33. The van der Waals surface area contributed by atoms with E-state index >= 15 is 0 Å². The second-order valence-corrected chi connectivity index (χ2v) is 10.8. The highest BCUT2D eigenvalue weighted by Crippen LogP contribution is 2.46. The molecule has 4 aromatic rings. The lowest BCUT2D eigenvalue weighted by Gasteiger charge is -2.25. The number of aliphatic carboxylic acids is 1. The number of para-hydroxylation sites is 1. The average molecular weight is 581 g/mol. The summed E-state index contributed by atoms with van der Waals surface area (Å²) < 4.78 is 27.8. The molecule has 1 aliphatic heterocycles. The van der Waals surface area contributed by atoms with Crippen LogP contribution in [0.1, 0.15) is 60.7 Å². The number of benzene rings is 2. The van der Waals surface area contributed by atoms with Crippen LogP contribution in [0.25, 0.3) is 5.69 Å². The van der Waals surface area contributed by atoms with Gasteiger partial charge in [0.2, 0.25) is 0 Å². The summed E-state index contributed by atoms with van der Waals surface area (Å²) in [5.74, 6) is 0.162. The Kier molecular flexibility index (Phi) is 8.08. The van der Waals surface area contributed by atoms with Crippen molar-refractivity contribution < 1.29 is 28.8 Å². The quantitative estimate of drug-likeness (QED) is 0.255. The van der Waals surface area contributed by atoms with Gasteiger partial charge in [-0.1, -0.05) is 28.9 Å². The zero-order chi connectivity index (χ0) is 29.3. The highest BCUT2D eigenvalue weighted by atomic mass is 35.5. The number of carboxylic acid groups (broad SMARTS) is 1. The van der Waals surface area contributed by atoms with Gasteiger partial charge in [0.1, 0.15) is 17.9 Å². The van der Waals surface area contributed by atoms with Crippen molar-refractivity contribution in [3.05, 3.63) is 88.0 Å². The van der Waals surface area contributed by atoms with Crippen LogP contribution in [0.5, 0.6) is 11.5 Å². The maximum atomic E-state index is 11.4. The molecule has 0 amide bonds. The summed E-state index contributed by atoms with van der Waals surface area (Å²) in [5.41, 5.74) is 3.74. The topological polar surface area (TPSA) is 110 Å². The first-order valence-electron chi connectivity index (χ1n) is 13.2. The Morgan fingerprint density at radius 3 is 2.66 bits per heavy atom. The molecule has 0 radical (unpaired) electrons. The van der Waals surface area contributed by atoms with Gasteiger partial charge in [-0.25, -0.2) is 9.48 Å². The minimum absolute atomic E-state index is 0.0433. The second-order valence-electron chi connectivity index (χ2n) is 10.3. The third-order valence-electron chi connectivity index (χ3n) is 7.42. The molecule has 5 rings (SSSR count). The molecule has 41 heavy (non-hydrogen) atoms. The second kappa shape index (κ2) is 11.6. The van der Waals surface area contributed by atoms with Crippen molar-refractivity contribution >= 4 is 17.6 Å². The fraction of sp³-hybridized carbons (Fsp3) is 0.367. The Morgan fingerprint density at radius 1 is 1.12 bits per heavy atom. The van der Waals surface area contributed by atoms with Crippen LogP contribution in [-0.4, -0.2) is 50.5 Å². The van der Waals surface area contributed by atoms with Crippen LogP contribution in [0, 0.1) is 6.92 Å². The first-order valence-corrected chi connectivity index (χ1v) is 13.6. The molecule has 1 N–H and O–H groups in total. The van der Waals surface area contributed by atoms with Crippen molar-refractivity contribution in [1.82, 2.24) is 19.6 Å². The van der Waals surface area contributed by atoms with E-state index in [4.69, 9.17) is 30.5 Å². The van der Waals surface area contributed by atoms with E-state index < -0.39 is 17.7 Å². The number of carboxylic acids is 1. The molecular weight excluding hydrogens is 548 g/mol. The van der Waals surface area contributed by atoms with Crippen LogP contribution in [0.3, 0.4) is 0 Å². The SMILES string of the molecule is COc1cccc([C@H]2O[C@H](CCn3nnc(COC(C)(C)C(=O)O)c3C)c3cccn3-c3ccc(Cl)cc32)c1OC. The lowest BCUT2D eigenvalue weighted by atomic mass is 9.98. The van der Waals surface area contributed by atoms with Gasteiger partial charge in [-0.3, -0.25) is 0 Å². The minimum Gasteiger partial charge on any atom is -0.493 e. The van der Waals surface area contributed by atoms with Gasteiger partial charge in [-0.15, -0.1) is 5.10 Å². The van der Waals surface area contributed by atoms with Crippen molar-refractivity contribution in [2.24, 2.45) is 0 Å². The average Bonchev–Trinajstić information content (AvgIpc) is 3.55. The van der Waals surface area contributed by atoms with E-state index in [0.29, 0.717) is 35.2 Å². The van der Waals surface area contributed by atoms with Gasteiger partial charge in [0.15, 0.2) is 17.1 Å². The molecule has 0 bridgehead atoms. The molecule has 0 fully saturated rings. The molecule has 11 heteroatoms. The zero-order valence-corrected chi connectivity index (χ0v) is 24.4. The Balaban J connectivity index is 1.47. The van der Waals surface area contributed by atoms with Gasteiger partial charge < -0.3 is 28.6 Å². The molecule has 10 nitrogen and oxygen atoms in total. The van der Waals surface area contributed by atoms with E-state index in [1.54, 1.807) is 18.9 Å². The predicted octanol–water partition coefficient (Wildman–Crippen LogP) is 5.68. The van der Waals surface area contributed by atoms with Crippen LogP contribution in [-0.2, 0) is 27.4 Å². The molecule has 0 spiro atoms. The number of hydrogen-bond acceptors (Lipinski definition) is 7. The molecular formula is C30H33ClN4O6. The molecule has 216 valence electrons. The number of carbonyl (C=O) groups is 1. The van der Waals surface area contributed by atoms with Gasteiger partial charge in [0.25, 0.3) is 0 Å². The van der Waals surface area contributed by atoms with E-state index in [-0.39, 0.29) is 12.7 Å². The van der Waals surface area contributed by atoms with Crippen LogP contribution in [0.4, 0.5) is 0 Å². The maximum absolute atomic E-state index is 11.4. The fourth-order valence-electron chi connectivity index (χ4n) is 5.01. The van der Waals surface area contributed by atoms with Crippen molar-refractivity contribution in [2.45, 2.75) is 58.2 Å². The Morgan fingerprint density at radius 2 is 1.93 bits per heavy atom. The molecule has 2 atom stereocenters. The first kappa shape index (κ1) is 28.7. The van der Waals surface area contributed by atoms with E-state index in [0.717, 1.165) is 28.2 Å². The normalized spacial score (nSPS) is 16.5. The third kappa shape index (κ3) is 5.55. The van der Waals surface area contributed by atoms with Crippen molar-refractivity contribution in [3.63, 3.8) is 0 Å². The standard InChI is InChI=1S/C30H33ClN4O6/c1-18-22(17-40-30(2,3)29(36)37)32-33-35(18)15-13-25-24-9-7-14-34(24)23-12-11-19(31)16-21(23)27(41-25)20-8-6-10-26(38-4)28(20)39-5/h6-12,14,16,25,27H,13,15,17H2,1-5H3,(H,36,37)/t25-,27-/m1/s1. The minimum atomic E-state index is -1.33. The van der Waals surface area contributed by atoms with Crippen molar-refractivity contribution in [3.8, 4) is 17.2 Å². The molecule has 0 saturated carbocycles. The molecule has 2 aromatic carbocycles. The van der Waals surface area contributed by atoms with Crippen molar-refractivity contribution in [1.29, 1.82) is 0 Å². The lowest BCUT2D eigenvalue weighted by molar-refractivity contribution is -0.162. The van der Waals surface area contributed by atoms with Crippen LogP contribution in [0.15, 0.2) is 54.7 Å². The summed E-state index contributed by atoms with van der Waals surface area (Å²) in [4.78, 5) is 11.4. The molecule has 2 aromatic heterocycles. The molecule has 0 aliphatic carbocycles. The monoisotopic (exact) mass is 580 g/mol. The summed E-state index contributed by atoms with van der Waals surface area (Å²) in [5, 5.41) is 18.5. The first-order chi connectivity index (χ1) is 19.6. The number of aryl methyl sites for hydroxylation is 1. The number of nitrogens with zero attached hydrogens (tertiary/aromatic N) is 4. The predicted molar refractivity (Wildman–Crippen MR) is 152 cm³/mol. The number of ether oxygens (including phenoxy) is 4. The van der Waals surface area contributed by atoms with Gasteiger partial charge >= 0.3 is 5.97 Å². The third-order valence-corrected chi connectivity index (χ3v) is 7.66. The van der Waals surface area contributed by atoms with Gasteiger partial charge in [-0.2, -0.15) is 0 Å². The summed E-state index contributed by atoms with van der Waals surface area (Å²) in [7, 11) is 3.22. The zero-order valence-electron chi connectivity index (χ0n) is 23.6. The van der Waals surface area contributed by atoms with Crippen LogP contribution >= 0.6 is 11.6 Å². The maximum Gasteiger partial charge on any atom is 0.335 e. The molecule has 0 saturated heterocycles. The molecule has 0 unspecified atom stereocenters. The van der Waals surface area contributed by atoms with Gasteiger partial charge in [0.05, 0.1) is 37.9 Å². The largest absolute Gasteiger partial charge is 0.493 e. The number of halogens is 1.